The van der Waals surface area contributed by atoms with E-state index in [0.717, 1.165) is 10.7 Å². The van der Waals surface area contributed by atoms with Crippen LogP contribution in [0.1, 0.15) is 46.0 Å². The molecule has 1 aromatic carbocycles. The Balaban J connectivity index is 1.98. The minimum Gasteiger partial charge on any atom is -0.381 e. The zero-order chi connectivity index (χ0) is 12.3. The lowest BCUT2D eigenvalue weighted by Crippen LogP contribution is -2.19. The summed E-state index contributed by atoms with van der Waals surface area (Å²) in [5.74, 6) is 0. The highest BCUT2D eigenvalue weighted by atomic mass is 35.5. The van der Waals surface area contributed by atoms with E-state index in [1.54, 1.807) is 0 Å². The summed E-state index contributed by atoms with van der Waals surface area (Å²) in [6, 6.07) is 8.61. The molecule has 17 heavy (non-hydrogen) atoms. The molecule has 0 aliphatic heterocycles. The molecule has 0 spiro atoms. The van der Waals surface area contributed by atoms with Crippen LogP contribution < -0.4 is 5.32 Å². The monoisotopic (exact) mass is 251 g/mol. The maximum atomic E-state index is 6.18. The Bertz CT molecular complexity index is 373. The standard InChI is InChI=1S/C15H22ClN/c1-15(2)10-5-6-12(9-11-15)17-14-8-4-3-7-13(14)16/h3-4,7-8,12,17H,5-6,9-11H2,1-2H3. The van der Waals surface area contributed by atoms with E-state index in [2.05, 4.69) is 25.2 Å². The van der Waals surface area contributed by atoms with Crippen molar-refractivity contribution < 1.29 is 0 Å². The average Bonchev–Trinajstić information content (AvgIpc) is 2.44. The van der Waals surface area contributed by atoms with Crippen LogP contribution in [0.5, 0.6) is 0 Å². The second kappa shape index (κ2) is 5.30. The van der Waals surface area contributed by atoms with Gasteiger partial charge in [0.05, 0.1) is 10.7 Å². The zero-order valence-corrected chi connectivity index (χ0v) is 11.6. The molecule has 1 aliphatic rings. The third kappa shape index (κ3) is 3.64. The average molecular weight is 252 g/mol. The number of hydrogen-bond acceptors (Lipinski definition) is 1. The molecule has 1 aliphatic carbocycles. The van der Waals surface area contributed by atoms with Crippen molar-refractivity contribution in [1.29, 1.82) is 0 Å². The van der Waals surface area contributed by atoms with Crippen LogP contribution in [0.4, 0.5) is 5.69 Å². The molecule has 0 aromatic heterocycles. The summed E-state index contributed by atoms with van der Waals surface area (Å²) in [6.45, 7) is 4.76. The third-order valence-electron chi connectivity index (χ3n) is 3.81. The highest BCUT2D eigenvalue weighted by Gasteiger charge is 2.24. The summed E-state index contributed by atoms with van der Waals surface area (Å²) < 4.78 is 0. The summed E-state index contributed by atoms with van der Waals surface area (Å²) in [5.41, 5.74) is 1.59. The molecule has 0 bridgehead atoms. The van der Waals surface area contributed by atoms with E-state index in [4.69, 9.17) is 11.6 Å². The molecule has 0 heterocycles. The minimum atomic E-state index is 0.511. The highest BCUT2D eigenvalue weighted by Crippen LogP contribution is 2.35. The zero-order valence-electron chi connectivity index (χ0n) is 10.8. The van der Waals surface area contributed by atoms with Gasteiger partial charge in [-0.1, -0.05) is 44.0 Å². The van der Waals surface area contributed by atoms with E-state index in [1.165, 1.54) is 32.1 Å². The Morgan fingerprint density at radius 2 is 1.94 bits per heavy atom. The number of para-hydroxylation sites is 1. The molecule has 0 amide bonds. The van der Waals surface area contributed by atoms with Crippen LogP contribution in [0.15, 0.2) is 24.3 Å². The molecule has 1 atom stereocenters. The Labute approximate surface area is 110 Å². The van der Waals surface area contributed by atoms with E-state index < -0.39 is 0 Å². The predicted molar refractivity (Wildman–Crippen MR) is 75.7 cm³/mol. The van der Waals surface area contributed by atoms with Crippen molar-refractivity contribution in [2.24, 2.45) is 5.41 Å². The van der Waals surface area contributed by atoms with Crippen molar-refractivity contribution in [2.45, 2.75) is 52.0 Å². The molecule has 1 N–H and O–H groups in total. The normalized spacial score (nSPS) is 24.1. The van der Waals surface area contributed by atoms with Gasteiger partial charge in [0.15, 0.2) is 0 Å². The Kier molecular flexibility index (Phi) is 3.98. The molecule has 1 fully saturated rings. The van der Waals surface area contributed by atoms with Gasteiger partial charge in [0.25, 0.3) is 0 Å². The van der Waals surface area contributed by atoms with Crippen LogP contribution >= 0.6 is 11.6 Å². The maximum absolute atomic E-state index is 6.18. The number of rotatable bonds is 2. The lowest BCUT2D eigenvalue weighted by Gasteiger charge is -2.22. The molecule has 1 saturated carbocycles. The largest absolute Gasteiger partial charge is 0.381 e. The van der Waals surface area contributed by atoms with Gasteiger partial charge in [-0.25, -0.2) is 0 Å². The first kappa shape index (κ1) is 12.8. The molecule has 1 aromatic rings. The fourth-order valence-corrected chi connectivity index (χ4v) is 2.79. The second-order valence-corrected chi connectivity index (χ2v) is 6.32. The van der Waals surface area contributed by atoms with Crippen LogP contribution in [-0.2, 0) is 0 Å². The quantitative estimate of drug-likeness (QED) is 0.720. The first-order valence-corrected chi connectivity index (χ1v) is 6.96. The van der Waals surface area contributed by atoms with Gasteiger partial charge in [0.2, 0.25) is 0 Å². The topological polar surface area (TPSA) is 12.0 Å². The molecule has 0 radical (unpaired) electrons. The summed E-state index contributed by atoms with van der Waals surface area (Å²) in [5, 5.41) is 4.42. The minimum absolute atomic E-state index is 0.511. The number of anilines is 1. The van der Waals surface area contributed by atoms with Crippen LogP contribution in [0.25, 0.3) is 0 Å². The van der Waals surface area contributed by atoms with Crippen molar-refractivity contribution >= 4 is 17.3 Å². The van der Waals surface area contributed by atoms with Gasteiger partial charge in [-0.2, -0.15) is 0 Å². The molecule has 2 heteroatoms. The lowest BCUT2D eigenvalue weighted by atomic mass is 9.85. The van der Waals surface area contributed by atoms with E-state index in [0.29, 0.717) is 11.5 Å². The van der Waals surface area contributed by atoms with Gasteiger partial charge >= 0.3 is 0 Å². The summed E-state index contributed by atoms with van der Waals surface area (Å²) in [6.07, 6.45) is 6.46. The van der Waals surface area contributed by atoms with Crippen LogP contribution in [0.3, 0.4) is 0 Å². The van der Waals surface area contributed by atoms with Crippen LogP contribution in [0, 0.1) is 5.41 Å². The summed E-state index contributed by atoms with van der Waals surface area (Å²) >= 11 is 6.18. The first-order chi connectivity index (χ1) is 8.07. The Morgan fingerprint density at radius 3 is 2.71 bits per heavy atom. The number of halogens is 1. The predicted octanol–water partition coefficient (Wildman–Crippen LogP) is 5.11. The van der Waals surface area contributed by atoms with Gasteiger partial charge in [0.1, 0.15) is 0 Å². The van der Waals surface area contributed by atoms with Gasteiger partial charge in [-0.3, -0.25) is 0 Å². The van der Waals surface area contributed by atoms with Crippen LogP contribution in [0.2, 0.25) is 5.02 Å². The van der Waals surface area contributed by atoms with Gasteiger partial charge in [-0.15, -0.1) is 0 Å². The molecular formula is C15H22ClN. The molecule has 94 valence electrons. The Morgan fingerprint density at radius 1 is 1.18 bits per heavy atom. The SMILES string of the molecule is CC1(C)CCCC(Nc2ccccc2Cl)CC1. The van der Waals surface area contributed by atoms with E-state index >= 15 is 0 Å². The third-order valence-corrected chi connectivity index (χ3v) is 4.14. The van der Waals surface area contributed by atoms with E-state index in [-0.39, 0.29) is 0 Å². The van der Waals surface area contributed by atoms with Crippen molar-refractivity contribution in [3.05, 3.63) is 29.3 Å². The van der Waals surface area contributed by atoms with Crippen molar-refractivity contribution in [3.8, 4) is 0 Å². The number of benzene rings is 1. The number of hydrogen-bond donors (Lipinski definition) is 1. The van der Waals surface area contributed by atoms with Crippen molar-refractivity contribution in [2.75, 3.05) is 5.32 Å². The van der Waals surface area contributed by atoms with Crippen molar-refractivity contribution in [3.63, 3.8) is 0 Å². The maximum Gasteiger partial charge on any atom is 0.0637 e. The Hall–Kier alpha value is -0.690. The van der Waals surface area contributed by atoms with E-state index in [1.807, 2.05) is 18.2 Å². The lowest BCUT2D eigenvalue weighted by molar-refractivity contribution is 0.313. The molecule has 1 nitrogen and oxygen atoms in total. The summed E-state index contributed by atoms with van der Waals surface area (Å²) in [7, 11) is 0. The number of nitrogens with one attached hydrogen (secondary N) is 1. The van der Waals surface area contributed by atoms with Gasteiger partial charge < -0.3 is 5.32 Å². The van der Waals surface area contributed by atoms with Crippen molar-refractivity contribution in [1.82, 2.24) is 0 Å². The smallest absolute Gasteiger partial charge is 0.0637 e. The van der Waals surface area contributed by atoms with Crippen LogP contribution in [-0.4, -0.2) is 6.04 Å². The molecule has 2 rings (SSSR count). The van der Waals surface area contributed by atoms with Gasteiger partial charge in [-0.05, 0) is 43.2 Å². The fraction of sp³-hybridized carbons (Fsp3) is 0.600. The molecular weight excluding hydrogens is 230 g/mol. The van der Waals surface area contributed by atoms with Gasteiger partial charge in [0, 0.05) is 6.04 Å². The van der Waals surface area contributed by atoms with E-state index in [9.17, 15) is 0 Å². The summed E-state index contributed by atoms with van der Waals surface area (Å²) in [4.78, 5) is 0. The molecule has 0 saturated heterocycles. The highest BCUT2D eigenvalue weighted by molar-refractivity contribution is 6.33. The molecule has 1 unspecified atom stereocenters. The first-order valence-electron chi connectivity index (χ1n) is 6.58. The fourth-order valence-electron chi connectivity index (χ4n) is 2.60. The second-order valence-electron chi connectivity index (χ2n) is 5.92.